The molecule has 454 valence electrons. The van der Waals surface area contributed by atoms with Crippen LogP contribution in [0.3, 0.4) is 0 Å². The second-order valence-corrected chi connectivity index (χ2v) is 24.8. The van der Waals surface area contributed by atoms with Crippen LogP contribution >= 0.6 is 0 Å². The van der Waals surface area contributed by atoms with Crippen LogP contribution in [0.4, 0.5) is 0 Å². The van der Waals surface area contributed by atoms with Gasteiger partial charge in [0.25, 0.3) is 0 Å². The van der Waals surface area contributed by atoms with Gasteiger partial charge in [-0.3, -0.25) is 4.79 Å². The summed E-state index contributed by atoms with van der Waals surface area (Å²) in [5, 5.41) is 34.0. The summed E-state index contributed by atoms with van der Waals surface area (Å²) in [5.74, 6) is -0.135. The maximum absolute atomic E-state index is 12.6. The van der Waals surface area contributed by atoms with Crippen LogP contribution in [0.2, 0.25) is 0 Å². The molecule has 0 saturated carbocycles. The van der Waals surface area contributed by atoms with Crippen LogP contribution in [0.1, 0.15) is 412 Å². The minimum atomic E-state index is -1.13. The van der Waals surface area contributed by atoms with Crippen molar-refractivity contribution >= 4 is 5.91 Å². The maximum atomic E-state index is 12.6. The van der Waals surface area contributed by atoms with E-state index in [0.29, 0.717) is 12.8 Å². The summed E-state index contributed by atoms with van der Waals surface area (Å²) in [4.78, 5) is 12.6. The van der Waals surface area contributed by atoms with Crippen molar-refractivity contribution in [3.8, 4) is 0 Å². The summed E-state index contributed by atoms with van der Waals surface area (Å²) >= 11 is 0. The lowest BCUT2D eigenvalue weighted by molar-refractivity contribution is -0.124. The van der Waals surface area contributed by atoms with E-state index in [1.54, 1.807) is 0 Å². The molecule has 3 unspecified atom stereocenters. The number of carbonyl (C=O) groups excluding carboxylic acids is 1. The van der Waals surface area contributed by atoms with E-state index < -0.39 is 18.2 Å². The van der Waals surface area contributed by atoms with Gasteiger partial charge in [0.15, 0.2) is 0 Å². The summed E-state index contributed by atoms with van der Waals surface area (Å²) in [6.45, 7) is 4.24. The summed E-state index contributed by atoms with van der Waals surface area (Å²) in [6, 6.07) is -0.808. The molecular formula is C71H141NO4. The molecule has 3 atom stereocenters. The monoisotopic (exact) mass is 1070 g/mol. The number of nitrogens with one attached hydrogen (secondary N) is 1. The van der Waals surface area contributed by atoms with Crippen LogP contribution in [0, 0.1) is 0 Å². The number of hydrogen-bond acceptors (Lipinski definition) is 4. The highest BCUT2D eigenvalue weighted by Crippen LogP contribution is 2.20. The number of amides is 1. The third kappa shape index (κ3) is 60.7. The van der Waals surface area contributed by atoms with E-state index in [-0.39, 0.29) is 12.5 Å². The first-order valence-corrected chi connectivity index (χ1v) is 35.5. The van der Waals surface area contributed by atoms with Crippen LogP contribution < -0.4 is 5.32 Å². The number of hydrogen-bond donors (Lipinski definition) is 4. The standard InChI is InChI=1S/C71H141NO4/c1-3-5-7-9-11-13-15-17-19-21-23-25-27-28-29-30-31-32-33-34-35-36-37-38-39-40-41-42-44-46-48-50-52-54-56-58-60-62-64-66-70(75)72-68(67-73)71(76)69(74)65-63-61-59-57-55-53-51-49-47-45-43-26-24-22-20-18-16-14-12-10-8-6-4-2/h34-35,68-69,71,73-74,76H,3-33,36-67H2,1-2H3,(H,72,75)/b35-34-. The first-order chi connectivity index (χ1) is 37.6. The summed E-state index contributed by atoms with van der Waals surface area (Å²) in [5.41, 5.74) is 0. The van der Waals surface area contributed by atoms with Gasteiger partial charge < -0.3 is 20.6 Å². The van der Waals surface area contributed by atoms with Crippen molar-refractivity contribution in [2.24, 2.45) is 0 Å². The van der Waals surface area contributed by atoms with Crippen LogP contribution in [0.5, 0.6) is 0 Å². The Labute approximate surface area is 478 Å². The molecule has 0 fully saturated rings. The third-order valence-electron chi connectivity index (χ3n) is 17.1. The van der Waals surface area contributed by atoms with E-state index in [1.807, 2.05) is 0 Å². The Morgan fingerprint density at radius 2 is 0.526 bits per heavy atom. The van der Waals surface area contributed by atoms with Gasteiger partial charge in [0, 0.05) is 6.42 Å². The Morgan fingerprint density at radius 3 is 0.763 bits per heavy atom. The molecule has 76 heavy (non-hydrogen) atoms. The second kappa shape index (κ2) is 66.6. The first kappa shape index (κ1) is 75.1. The Bertz CT molecular complexity index is 1100. The SMILES string of the molecule is CCCCCCCCCCCCCCCCCCCC/C=C\CCCCCCCCCCCCCCCCCCCC(=O)NC(CO)C(O)C(O)CCCCCCCCCCCCCCCCCCCCCCCCC. The van der Waals surface area contributed by atoms with E-state index in [0.717, 1.165) is 32.1 Å². The lowest BCUT2D eigenvalue weighted by Crippen LogP contribution is -2.50. The van der Waals surface area contributed by atoms with Crippen molar-refractivity contribution < 1.29 is 20.1 Å². The van der Waals surface area contributed by atoms with Gasteiger partial charge in [-0.25, -0.2) is 0 Å². The fourth-order valence-corrected chi connectivity index (χ4v) is 11.7. The zero-order valence-corrected chi connectivity index (χ0v) is 52.2. The van der Waals surface area contributed by atoms with Crippen molar-refractivity contribution in [1.82, 2.24) is 5.32 Å². The average molecular weight is 1070 g/mol. The van der Waals surface area contributed by atoms with Gasteiger partial charge in [0.1, 0.15) is 6.10 Å². The van der Waals surface area contributed by atoms with Crippen molar-refractivity contribution in [2.75, 3.05) is 6.61 Å². The Balaban J connectivity index is 3.42. The lowest BCUT2D eigenvalue weighted by Gasteiger charge is -2.26. The predicted molar refractivity (Wildman–Crippen MR) is 338 cm³/mol. The quantitative estimate of drug-likeness (QED) is 0.0361. The summed E-state index contributed by atoms with van der Waals surface area (Å²) < 4.78 is 0. The normalized spacial score (nSPS) is 13.1. The molecule has 0 bridgehead atoms. The number of aliphatic hydroxyl groups excluding tert-OH is 3. The van der Waals surface area contributed by atoms with Gasteiger partial charge in [-0.15, -0.1) is 0 Å². The van der Waals surface area contributed by atoms with E-state index in [1.165, 1.54) is 353 Å². The fraction of sp³-hybridized carbons (Fsp3) is 0.958. The lowest BCUT2D eigenvalue weighted by atomic mass is 9.99. The number of aliphatic hydroxyl groups is 3. The Kier molecular flexibility index (Phi) is 65.8. The van der Waals surface area contributed by atoms with Gasteiger partial charge in [0.2, 0.25) is 5.91 Å². The van der Waals surface area contributed by atoms with E-state index in [9.17, 15) is 20.1 Å². The van der Waals surface area contributed by atoms with Crippen molar-refractivity contribution in [3.63, 3.8) is 0 Å². The highest BCUT2D eigenvalue weighted by atomic mass is 16.3. The van der Waals surface area contributed by atoms with Gasteiger partial charge >= 0.3 is 0 Å². The summed E-state index contributed by atoms with van der Waals surface area (Å²) in [7, 11) is 0. The van der Waals surface area contributed by atoms with E-state index >= 15 is 0 Å². The zero-order valence-electron chi connectivity index (χ0n) is 52.2. The predicted octanol–water partition coefficient (Wildman–Crippen LogP) is 23.0. The molecular weight excluding hydrogens is 931 g/mol. The second-order valence-electron chi connectivity index (χ2n) is 24.8. The van der Waals surface area contributed by atoms with E-state index in [4.69, 9.17) is 0 Å². The van der Waals surface area contributed by atoms with Crippen LogP contribution in [-0.2, 0) is 4.79 Å². The van der Waals surface area contributed by atoms with Crippen molar-refractivity contribution in [3.05, 3.63) is 12.2 Å². The van der Waals surface area contributed by atoms with Gasteiger partial charge in [-0.2, -0.15) is 0 Å². The number of rotatable bonds is 67. The van der Waals surface area contributed by atoms with Crippen molar-refractivity contribution in [1.29, 1.82) is 0 Å². The summed E-state index contributed by atoms with van der Waals surface area (Å²) in [6.07, 6.45) is 85.8. The third-order valence-corrected chi connectivity index (χ3v) is 17.1. The molecule has 0 aromatic rings. The topological polar surface area (TPSA) is 89.8 Å². The molecule has 0 aromatic carbocycles. The molecule has 0 heterocycles. The smallest absolute Gasteiger partial charge is 0.220 e. The highest BCUT2D eigenvalue weighted by Gasteiger charge is 2.27. The van der Waals surface area contributed by atoms with Gasteiger partial charge in [-0.1, -0.05) is 379 Å². The molecule has 1 amide bonds. The zero-order chi connectivity index (χ0) is 55.0. The Hall–Kier alpha value is -0.910. The molecule has 0 rings (SSSR count). The minimum absolute atomic E-state index is 0.135. The van der Waals surface area contributed by atoms with Crippen LogP contribution in [0.25, 0.3) is 0 Å². The average Bonchev–Trinajstić information content (AvgIpc) is 3.42. The van der Waals surface area contributed by atoms with Gasteiger partial charge in [0.05, 0.1) is 18.8 Å². The maximum Gasteiger partial charge on any atom is 0.220 e. The van der Waals surface area contributed by atoms with E-state index in [2.05, 4.69) is 31.3 Å². The minimum Gasteiger partial charge on any atom is -0.394 e. The highest BCUT2D eigenvalue weighted by molar-refractivity contribution is 5.76. The molecule has 0 radical (unpaired) electrons. The van der Waals surface area contributed by atoms with Gasteiger partial charge in [-0.05, 0) is 38.5 Å². The number of allylic oxidation sites excluding steroid dienone is 2. The van der Waals surface area contributed by atoms with Crippen molar-refractivity contribution in [2.45, 2.75) is 430 Å². The first-order valence-electron chi connectivity index (χ1n) is 35.5. The number of carbonyl (C=O) groups is 1. The molecule has 0 saturated heterocycles. The molecule has 0 aliphatic carbocycles. The molecule has 0 aliphatic rings. The molecule has 5 nitrogen and oxygen atoms in total. The fourth-order valence-electron chi connectivity index (χ4n) is 11.7. The van der Waals surface area contributed by atoms with Crippen LogP contribution in [0.15, 0.2) is 12.2 Å². The Morgan fingerprint density at radius 1 is 0.316 bits per heavy atom. The molecule has 4 N–H and O–H groups in total. The molecule has 0 aromatic heterocycles. The molecule has 0 spiro atoms. The van der Waals surface area contributed by atoms with Crippen LogP contribution in [-0.4, -0.2) is 46.1 Å². The largest absolute Gasteiger partial charge is 0.394 e. The molecule has 0 aliphatic heterocycles. The number of unbranched alkanes of at least 4 members (excludes halogenated alkanes) is 57. The molecule has 5 heteroatoms.